The molecule has 0 aliphatic heterocycles. The molecule has 0 spiro atoms. The number of esters is 2. The minimum absolute atomic E-state index is 0.0500. The lowest BCUT2D eigenvalue weighted by Crippen LogP contribution is -2.50. The zero-order valence-corrected chi connectivity index (χ0v) is 36.8. The van der Waals surface area contributed by atoms with Crippen molar-refractivity contribution in [1.29, 1.82) is 0 Å². The summed E-state index contributed by atoms with van der Waals surface area (Å²) >= 11 is 0. The molecule has 1 N–H and O–H groups in total. The molecule has 0 rings (SSSR count). The Morgan fingerprint density at radius 2 is 1.00 bits per heavy atom. The quantitative estimate of drug-likeness (QED) is 0.0286. The van der Waals surface area contributed by atoms with E-state index in [-0.39, 0.29) is 36.2 Å². The number of unbranched alkanes of at least 4 members (excludes halogenated alkanes) is 18. The van der Waals surface area contributed by atoms with E-state index < -0.39 is 18.1 Å². The van der Waals surface area contributed by atoms with E-state index in [1.807, 2.05) is 21.1 Å². The van der Waals surface area contributed by atoms with Gasteiger partial charge >= 0.3 is 17.9 Å². The second-order valence-electron chi connectivity index (χ2n) is 16.3. The fraction of sp³-hybridized carbons (Fsp3) is 0.771. The van der Waals surface area contributed by atoms with Gasteiger partial charge in [0.2, 0.25) is 0 Å². The Labute approximate surface area is 344 Å². The molecular formula is C48H86NO7+. The van der Waals surface area contributed by atoms with Crippen molar-refractivity contribution < 1.29 is 38.2 Å². The number of carbonyl (C=O) groups excluding carboxylic acids is 2. The van der Waals surface area contributed by atoms with Gasteiger partial charge in [0.05, 0.1) is 34.4 Å². The van der Waals surface area contributed by atoms with Gasteiger partial charge in [-0.15, -0.1) is 0 Å². The van der Waals surface area contributed by atoms with Gasteiger partial charge < -0.3 is 23.8 Å². The highest BCUT2D eigenvalue weighted by Gasteiger charge is 2.31. The van der Waals surface area contributed by atoms with Crippen molar-refractivity contribution >= 4 is 17.9 Å². The average Bonchev–Trinajstić information content (AvgIpc) is 3.15. The number of hydrogen-bond donors (Lipinski definition) is 1. The van der Waals surface area contributed by atoms with Gasteiger partial charge in [-0.05, 0) is 70.6 Å². The van der Waals surface area contributed by atoms with E-state index in [1.165, 1.54) is 70.6 Å². The highest BCUT2D eigenvalue weighted by molar-refractivity contribution is 5.72. The third kappa shape index (κ3) is 36.9. The molecule has 0 aromatic carbocycles. The Morgan fingerprint density at radius 1 is 0.554 bits per heavy atom. The molecule has 0 radical (unpaired) electrons. The first-order valence-corrected chi connectivity index (χ1v) is 22.7. The molecule has 324 valence electrons. The van der Waals surface area contributed by atoms with Crippen molar-refractivity contribution in [1.82, 2.24) is 0 Å². The van der Waals surface area contributed by atoms with Gasteiger partial charge in [0.25, 0.3) is 0 Å². The first-order chi connectivity index (χ1) is 27.1. The van der Waals surface area contributed by atoms with Gasteiger partial charge in [-0.1, -0.05) is 146 Å². The molecule has 8 nitrogen and oxygen atoms in total. The summed E-state index contributed by atoms with van der Waals surface area (Å²) in [7, 11) is 5.52. The van der Waals surface area contributed by atoms with E-state index in [2.05, 4.69) is 62.5 Å². The molecule has 2 unspecified atom stereocenters. The van der Waals surface area contributed by atoms with Crippen LogP contribution in [0.15, 0.2) is 48.6 Å². The summed E-state index contributed by atoms with van der Waals surface area (Å²) in [6.07, 6.45) is 45.8. The first kappa shape index (κ1) is 53.3. The van der Waals surface area contributed by atoms with Gasteiger partial charge in [-0.3, -0.25) is 9.59 Å². The lowest BCUT2D eigenvalue weighted by atomic mass is 10.1. The highest BCUT2D eigenvalue weighted by Crippen LogP contribution is 2.14. The van der Waals surface area contributed by atoms with Crippen LogP contribution in [-0.4, -0.2) is 80.6 Å². The van der Waals surface area contributed by atoms with E-state index >= 15 is 0 Å². The van der Waals surface area contributed by atoms with Gasteiger partial charge in [0, 0.05) is 19.3 Å². The van der Waals surface area contributed by atoms with Crippen LogP contribution in [0.3, 0.4) is 0 Å². The number of likely N-dealkylation sites (N-methyl/N-ethyl adjacent to an activating group) is 1. The molecule has 0 saturated heterocycles. The molecule has 0 heterocycles. The van der Waals surface area contributed by atoms with Crippen molar-refractivity contribution in [2.75, 3.05) is 41.0 Å². The standard InChI is InChI=1S/C48H85NO7/c1-6-8-10-12-14-16-18-20-22-23-24-25-27-29-31-33-35-37-39-47(51)56-44(42-54-41-40-45(48(52)53)49(3,4)5)43-55-46(50)38-36-34-32-30-28-26-21-19-17-15-13-11-9-7-2/h9,11,15,17,21,24-26,44-45H,6-8,10,12-14,16,18-20,22-23,27-43H2,1-5H3/p+1/b11-9+,17-15+,25-24+,26-21+. The third-order valence-electron chi connectivity index (χ3n) is 9.96. The number of ether oxygens (including phenoxy) is 3. The number of allylic oxidation sites excluding steroid dienone is 8. The lowest BCUT2D eigenvalue weighted by molar-refractivity contribution is -0.887. The third-order valence-corrected chi connectivity index (χ3v) is 9.96. The molecular weight excluding hydrogens is 703 g/mol. The Hall–Kier alpha value is -2.71. The number of carboxylic acid groups (broad SMARTS) is 1. The Morgan fingerprint density at radius 3 is 1.50 bits per heavy atom. The molecule has 0 aromatic heterocycles. The molecule has 0 amide bonds. The predicted molar refractivity (Wildman–Crippen MR) is 234 cm³/mol. The topological polar surface area (TPSA) is 99.1 Å². The molecule has 0 bridgehead atoms. The van der Waals surface area contributed by atoms with E-state index in [1.54, 1.807) is 0 Å². The maximum atomic E-state index is 12.7. The fourth-order valence-electron chi connectivity index (χ4n) is 6.45. The summed E-state index contributed by atoms with van der Waals surface area (Å²) < 4.78 is 17.3. The normalized spacial score (nSPS) is 13.4. The van der Waals surface area contributed by atoms with Crippen LogP contribution in [0, 0.1) is 0 Å². The Kier molecular flexibility index (Phi) is 37.2. The average molecular weight is 789 g/mol. The van der Waals surface area contributed by atoms with Crippen molar-refractivity contribution in [3.63, 3.8) is 0 Å². The van der Waals surface area contributed by atoms with E-state index in [9.17, 15) is 19.5 Å². The van der Waals surface area contributed by atoms with Crippen molar-refractivity contribution in [2.24, 2.45) is 0 Å². The fourth-order valence-corrected chi connectivity index (χ4v) is 6.45. The van der Waals surface area contributed by atoms with Crippen LogP contribution in [0.5, 0.6) is 0 Å². The van der Waals surface area contributed by atoms with Gasteiger partial charge in [-0.2, -0.15) is 0 Å². The number of nitrogens with zero attached hydrogens (tertiary/aromatic N) is 1. The summed E-state index contributed by atoms with van der Waals surface area (Å²) in [5, 5.41) is 9.62. The number of rotatable bonds is 40. The predicted octanol–water partition coefficient (Wildman–Crippen LogP) is 12.4. The zero-order chi connectivity index (χ0) is 41.4. The number of aliphatic carboxylic acids is 1. The second kappa shape index (κ2) is 39.1. The summed E-state index contributed by atoms with van der Waals surface area (Å²) in [6, 6.07) is -0.620. The summed E-state index contributed by atoms with van der Waals surface area (Å²) in [5.41, 5.74) is 0. The van der Waals surface area contributed by atoms with E-state index in [0.29, 0.717) is 19.3 Å². The van der Waals surface area contributed by atoms with Crippen LogP contribution in [-0.2, 0) is 28.6 Å². The maximum absolute atomic E-state index is 12.7. The molecule has 0 aliphatic rings. The monoisotopic (exact) mass is 789 g/mol. The highest BCUT2D eigenvalue weighted by atomic mass is 16.6. The number of carbonyl (C=O) groups is 3. The minimum Gasteiger partial charge on any atom is -0.477 e. The maximum Gasteiger partial charge on any atom is 0.362 e. The largest absolute Gasteiger partial charge is 0.477 e. The van der Waals surface area contributed by atoms with Crippen LogP contribution in [0.1, 0.15) is 187 Å². The molecule has 8 heteroatoms. The zero-order valence-electron chi connectivity index (χ0n) is 36.8. The van der Waals surface area contributed by atoms with Crippen LogP contribution >= 0.6 is 0 Å². The Bertz CT molecular complexity index is 1060. The van der Waals surface area contributed by atoms with Crippen LogP contribution < -0.4 is 0 Å². The van der Waals surface area contributed by atoms with Crippen LogP contribution in [0.4, 0.5) is 0 Å². The number of carboxylic acids is 1. The van der Waals surface area contributed by atoms with E-state index in [4.69, 9.17) is 14.2 Å². The van der Waals surface area contributed by atoms with Crippen LogP contribution in [0.25, 0.3) is 0 Å². The van der Waals surface area contributed by atoms with Crippen molar-refractivity contribution in [3.05, 3.63) is 48.6 Å². The van der Waals surface area contributed by atoms with E-state index in [0.717, 1.165) is 83.5 Å². The molecule has 0 aromatic rings. The summed E-state index contributed by atoms with van der Waals surface area (Å²) in [6.45, 7) is 4.59. The smallest absolute Gasteiger partial charge is 0.362 e. The second-order valence-corrected chi connectivity index (χ2v) is 16.3. The minimum atomic E-state index is -0.880. The first-order valence-electron chi connectivity index (χ1n) is 22.7. The molecule has 0 aliphatic carbocycles. The lowest BCUT2D eigenvalue weighted by Gasteiger charge is -2.31. The van der Waals surface area contributed by atoms with Gasteiger partial charge in [0.15, 0.2) is 12.1 Å². The summed E-state index contributed by atoms with van der Waals surface area (Å²) in [4.78, 5) is 37.0. The SMILES string of the molecule is CC/C=C/C/C=C/C/C=C/CCCCCCC(=O)OCC(COCCC(C(=O)O)[N+](C)(C)C)OC(=O)CCCCCCC/C=C/CCCCCCCCCCC. The number of quaternary nitrogens is 1. The molecule has 2 atom stereocenters. The summed E-state index contributed by atoms with van der Waals surface area (Å²) in [5.74, 6) is -1.51. The van der Waals surface area contributed by atoms with Gasteiger partial charge in [0.1, 0.15) is 6.61 Å². The van der Waals surface area contributed by atoms with Gasteiger partial charge in [-0.25, -0.2) is 4.79 Å². The molecule has 0 saturated carbocycles. The molecule has 56 heavy (non-hydrogen) atoms. The van der Waals surface area contributed by atoms with Crippen molar-refractivity contribution in [3.8, 4) is 0 Å². The Balaban J connectivity index is 4.36. The number of hydrogen-bond acceptors (Lipinski definition) is 6. The molecule has 0 fully saturated rings. The van der Waals surface area contributed by atoms with Crippen LogP contribution in [0.2, 0.25) is 0 Å². The van der Waals surface area contributed by atoms with Crippen molar-refractivity contribution in [2.45, 2.75) is 199 Å².